The van der Waals surface area contributed by atoms with Crippen molar-refractivity contribution in [3.05, 3.63) is 34.6 Å². The van der Waals surface area contributed by atoms with E-state index in [9.17, 15) is 9.18 Å². The molecule has 1 unspecified atom stereocenters. The van der Waals surface area contributed by atoms with Crippen LogP contribution in [-0.2, 0) is 0 Å². The summed E-state index contributed by atoms with van der Waals surface area (Å²) in [6, 6.07) is 3.89. The average molecular weight is 306 g/mol. The third kappa shape index (κ3) is 4.66. The fourth-order valence-corrected chi connectivity index (χ4v) is 2.12. The van der Waals surface area contributed by atoms with E-state index in [1.54, 1.807) is 0 Å². The highest BCUT2D eigenvalue weighted by Crippen LogP contribution is 2.23. The Hall–Kier alpha value is -0.800. The number of rotatable bonds is 4. The zero-order valence-electron chi connectivity index (χ0n) is 11.3. The summed E-state index contributed by atoms with van der Waals surface area (Å²) >= 11 is 11.4. The molecular formula is C14H18Cl2FNO. The first-order valence-corrected chi connectivity index (χ1v) is 6.99. The summed E-state index contributed by atoms with van der Waals surface area (Å²) in [6.45, 7) is 6.01. The van der Waals surface area contributed by atoms with E-state index >= 15 is 0 Å². The minimum Gasteiger partial charge on any atom is -0.349 e. The minimum absolute atomic E-state index is 0.00628. The van der Waals surface area contributed by atoms with Gasteiger partial charge in [0.15, 0.2) is 0 Å². The molecule has 5 heteroatoms. The Labute approximate surface area is 123 Å². The Morgan fingerprint density at radius 1 is 1.42 bits per heavy atom. The van der Waals surface area contributed by atoms with Gasteiger partial charge in [-0.25, -0.2) is 4.39 Å². The van der Waals surface area contributed by atoms with Gasteiger partial charge in [0, 0.05) is 16.9 Å². The first-order valence-electron chi connectivity index (χ1n) is 6.07. The molecule has 2 nitrogen and oxygen atoms in total. The van der Waals surface area contributed by atoms with Gasteiger partial charge in [0.25, 0.3) is 5.91 Å². The first-order chi connectivity index (χ1) is 8.75. The van der Waals surface area contributed by atoms with E-state index in [-0.39, 0.29) is 22.0 Å². The third-order valence-corrected chi connectivity index (χ3v) is 3.38. The summed E-state index contributed by atoms with van der Waals surface area (Å²) in [7, 11) is 0. The lowest BCUT2D eigenvalue weighted by molar-refractivity contribution is 0.0896. The van der Waals surface area contributed by atoms with Gasteiger partial charge in [-0.15, -0.1) is 11.6 Å². The summed E-state index contributed by atoms with van der Waals surface area (Å²) in [5.41, 5.74) is -0.152. The van der Waals surface area contributed by atoms with Crippen LogP contribution in [0.5, 0.6) is 0 Å². The Bertz CT molecular complexity index is 457. The van der Waals surface area contributed by atoms with E-state index in [4.69, 9.17) is 23.2 Å². The van der Waals surface area contributed by atoms with Crippen LogP contribution in [0, 0.1) is 11.2 Å². The number of nitrogens with one attached hydrogen (secondary N) is 1. The van der Waals surface area contributed by atoms with Crippen LogP contribution < -0.4 is 5.32 Å². The molecule has 0 aliphatic carbocycles. The largest absolute Gasteiger partial charge is 0.349 e. The molecule has 1 N–H and O–H groups in total. The number of alkyl halides is 1. The normalized spacial score (nSPS) is 13.2. The molecule has 19 heavy (non-hydrogen) atoms. The maximum absolute atomic E-state index is 13.7. The van der Waals surface area contributed by atoms with E-state index in [2.05, 4.69) is 5.32 Å². The van der Waals surface area contributed by atoms with Gasteiger partial charge in [0.1, 0.15) is 5.82 Å². The van der Waals surface area contributed by atoms with Crippen molar-refractivity contribution < 1.29 is 9.18 Å². The molecule has 1 atom stereocenters. The number of halogens is 3. The molecule has 0 spiro atoms. The Morgan fingerprint density at radius 3 is 2.53 bits per heavy atom. The molecule has 1 amide bonds. The van der Waals surface area contributed by atoms with Crippen molar-refractivity contribution in [1.29, 1.82) is 0 Å². The van der Waals surface area contributed by atoms with Crippen LogP contribution in [0.25, 0.3) is 0 Å². The fourth-order valence-electron chi connectivity index (χ4n) is 1.74. The molecular weight excluding hydrogens is 288 g/mol. The van der Waals surface area contributed by atoms with Crippen molar-refractivity contribution in [1.82, 2.24) is 5.32 Å². The van der Waals surface area contributed by atoms with Gasteiger partial charge in [0.2, 0.25) is 0 Å². The number of benzene rings is 1. The lowest BCUT2D eigenvalue weighted by Crippen LogP contribution is -2.44. The fraction of sp³-hybridized carbons (Fsp3) is 0.500. The molecule has 0 saturated carbocycles. The minimum atomic E-state index is -0.622. The van der Waals surface area contributed by atoms with E-state index in [1.165, 1.54) is 12.1 Å². The van der Waals surface area contributed by atoms with Gasteiger partial charge in [-0.05, 0) is 30.0 Å². The van der Waals surface area contributed by atoms with E-state index in [0.29, 0.717) is 12.3 Å². The monoisotopic (exact) mass is 305 g/mol. The predicted molar refractivity (Wildman–Crippen MR) is 77.5 cm³/mol. The highest BCUT2D eigenvalue weighted by molar-refractivity contribution is 6.30. The Balaban J connectivity index is 2.88. The van der Waals surface area contributed by atoms with Crippen LogP contribution in [0.15, 0.2) is 18.2 Å². The van der Waals surface area contributed by atoms with Crippen LogP contribution in [-0.4, -0.2) is 17.8 Å². The maximum Gasteiger partial charge on any atom is 0.254 e. The molecule has 1 aromatic rings. The zero-order valence-corrected chi connectivity index (χ0v) is 12.8. The second kappa shape index (κ2) is 6.58. The van der Waals surface area contributed by atoms with Gasteiger partial charge >= 0.3 is 0 Å². The van der Waals surface area contributed by atoms with Crippen molar-refractivity contribution in [3.8, 4) is 0 Å². The maximum atomic E-state index is 13.7. The van der Waals surface area contributed by atoms with Crippen molar-refractivity contribution in [2.75, 3.05) is 5.88 Å². The van der Waals surface area contributed by atoms with Gasteiger partial charge < -0.3 is 5.32 Å². The molecule has 0 radical (unpaired) electrons. The average Bonchev–Trinajstić information content (AvgIpc) is 2.26. The Morgan fingerprint density at radius 2 is 2.05 bits per heavy atom. The van der Waals surface area contributed by atoms with E-state index in [0.717, 1.165) is 6.07 Å². The number of carbonyl (C=O) groups is 1. The molecule has 0 aliphatic heterocycles. The zero-order chi connectivity index (χ0) is 14.6. The lowest BCUT2D eigenvalue weighted by Gasteiger charge is -2.31. The van der Waals surface area contributed by atoms with E-state index in [1.807, 2.05) is 20.8 Å². The first kappa shape index (κ1) is 16.3. The quantitative estimate of drug-likeness (QED) is 0.828. The summed E-state index contributed by atoms with van der Waals surface area (Å²) in [5, 5.41) is 3.09. The number of amides is 1. The third-order valence-electron chi connectivity index (χ3n) is 2.92. The molecule has 1 aromatic carbocycles. The van der Waals surface area contributed by atoms with Crippen LogP contribution in [0.2, 0.25) is 5.02 Å². The number of carbonyl (C=O) groups excluding carboxylic acids is 1. The van der Waals surface area contributed by atoms with E-state index < -0.39 is 11.7 Å². The number of hydrogen-bond acceptors (Lipinski definition) is 1. The van der Waals surface area contributed by atoms with Gasteiger partial charge in [-0.2, -0.15) is 0 Å². The summed E-state index contributed by atoms with van der Waals surface area (Å²) in [6.07, 6.45) is 0.631. The predicted octanol–water partition coefficient (Wildman–Crippen LogP) is 4.25. The standard InChI is InChI=1S/C14H18Cl2FNO/c1-14(2,3)12(6-7-15)18-13(19)10-5-4-9(16)8-11(10)17/h4-5,8,12H,6-7H2,1-3H3,(H,18,19). The summed E-state index contributed by atoms with van der Waals surface area (Å²) in [4.78, 5) is 12.1. The smallest absolute Gasteiger partial charge is 0.254 e. The molecule has 0 heterocycles. The summed E-state index contributed by atoms with van der Waals surface area (Å²) in [5.74, 6) is -0.631. The number of hydrogen-bond donors (Lipinski definition) is 1. The molecule has 0 bridgehead atoms. The van der Waals surface area contributed by atoms with Crippen molar-refractivity contribution in [2.24, 2.45) is 5.41 Å². The van der Waals surface area contributed by atoms with Crippen LogP contribution in [0.4, 0.5) is 4.39 Å². The molecule has 1 rings (SSSR count). The van der Waals surface area contributed by atoms with Crippen LogP contribution in [0.3, 0.4) is 0 Å². The molecule has 0 fully saturated rings. The highest BCUT2D eigenvalue weighted by atomic mass is 35.5. The van der Waals surface area contributed by atoms with Crippen LogP contribution in [0.1, 0.15) is 37.6 Å². The van der Waals surface area contributed by atoms with Gasteiger partial charge in [0.05, 0.1) is 5.56 Å². The SMILES string of the molecule is CC(C)(C)C(CCCl)NC(=O)c1ccc(Cl)cc1F. The Kier molecular flexibility index (Phi) is 5.63. The van der Waals surface area contributed by atoms with Crippen molar-refractivity contribution >= 4 is 29.1 Å². The van der Waals surface area contributed by atoms with Gasteiger partial charge in [-0.3, -0.25) is 4.79 Å². The molecule has 0 aliphatic rings. The van der Waals surface area contributed by atoms with Gasteiger partial charge in [-0.1, -0.05) is 32.4 Å². The second-order valence-electron chi connectivity index (χ2n) is 5.49. The van der Waals surface area contributed by atoms with Crippen molar-refractivity contribution in [2.45, 2.75) is 33.2 Å². The summed E-state index contributed by atoms with van der Waals surface area (Å²) < 4.78 is 13.7. The molecule has 0 aromatic heterocycles. The lowest BCUT2D eigenvalue weighted by atomic mass is 9.85. The molecule has 0 saturated heterocycles. The van der Waals surface area contributed by atoms with Crippen molar-refractivity contribution in [3.63, 3.8) is 0 Å². The highest BCUT2D eigenvalue weighted by Gasteiger charge is 2.26. The topological polar surface area (TPSA) is 29.1 Å². The second-order valence-corrected chi connectivity index (χ2v) is 6.31. The van der Waals surface area contributed by atoms with Crippen LogP contribution >= 0.6 is 23.2 Å². The molecule has 106 valence electrons.